The van der Waals surface area contributed by atoms with Gasteiger partial charge in [-0.15, -0.1) is 0 Å². The molecule has 34 heavy (non-hydrogen) atoms. The summed E-state index contributed by atoms with van der Waals surface area (Å²) in [5, 5.41) is 4.03. The molecule has 3 aromatic carbocycles. The Balaban J connectivity index is 1.86. The van der Waals surface area contributed by atoms with Crippen molar-refractivity contribution in [2.75, 3.05) is 5.32 Å². The minimum atomic E-state index is -0.409. The standard InChI is InChI=1S/C27H21FN4O2/c1-30-24-21(26(33)31(2)27(30)34)23(17-8-4-3-5-9-17)32-20-11-7-6-10-19(20)29-22(25(24)32)16-12-14-18(28)15-13-16/h3-15,22,29H,1-2H3/t22-/m0/s1. The van der Waals surface area contributed by atoms with E-state index >= 15 is 0 Å². The molecule has 0 spiro atoms. The molecule has 5 aromatic rings. The van der Waals surface area contributed by atoms with E-state index in [2.05, 4.69) is 9.88 Å². The fourth-order valence-corrected chi connectivity index (χ4v) is 4.99. The molecular weight excluding hydrogens is 431 g/mol. The highest BCUT2D eigenvalue weighted by molar-refractivity contribution is 5.99. The van der Waals surface area contributed by atoms with Gasteiger partial charge >= 0.3 is 5.69 Å². The Hall–Kier alpha value is -4.39. The highest BCUT2D eigenvalue weighted by atomic mass is 19.1. The fraction of sp³-hybridized carbons (Fsp3) is 0.111. The van der Waals surface area contributed by atoms with E-state index in [0.717, 1.165) is 38.5 Å². The number of hydrogen-bond acceptors (Lipinski definition) is 3. The smallest absolute Gasteiger partial charge is 0.331 e. The van der Waals surface area contributed by atoms with Crippen LogP contribution in [-0.2, 0) is 14.1 Å². The summed E-state index contributed by atoms with van der Waals surface area (Å²) in [5.41, 5.74) is 4.73. The maximum Gasteiger partial charge on any atom is 0.331 e. The van der Waals surface area contributed by atoms with E-state index in [-0.39, 0.29) is 11.4 Å². The van der Waals surface area contributed by atoms with Crippen molar-refractivity contribution in [2.24, 2.45) is 14.1 Å². The van der Waals surface area contributed by atoms with Crippen LogP contribution in [0.5, 0.6) is 0 Å². The molecule has 2 aromatic heterocycles. The van der Waals surface area contributed by atoms with Gasteiger partial charge in [0.1, 0.15) is 5.82 Å². The topological polar surface area (TPSA) is 61.0 Å². The Labute approximate surface area is 194 Å². The van der Waals surface area contributed by atoms with E-state index in [1.54, 1.807) is 19.2 Å². The summed E-state index contributed by atoms with van der Waals surface area (Å²) < 4.78 is 18.5. The maximum absolute atomic E-state index is 13.8. The summed E-state index contributed by atoms with van der Waals surface area (Å²) in [6.45, 7) is 0. The first-order chi connectivity index (χ1) is 16.5. The molecule has 1 aliphatic heterocycles. The van der Waals surface area contributed by atoms with E-state index in [4.69, 9.17) is 0 Å². The molecule has 168 valence electrons. The lowest BCUT2D eigenvalue weighted by molar-refractivity contribution is 0.626. The second kappa shape index (κ2) is 7.31. The SMILES string of the molecule is Cn1c(=O)c2c(-c3ccccc3)n3c(c2n(C)c1=O)[C@H](c1ccc(F)cc1)Nc1ccccc1-3. The Morgan fingerprint density at radius 2 is 1.50 bits per heavy atom. The molecule has 6 nitrogen and oxygen atoms in total. The van der Waals surface area contributed by atoms with E-state index < -0.39 is 11.7 Å². The van der Waals surface area contributed by atoms with Crippen LogP contribution in [0.1, 0.15) is 17.3 Å². The summed E-state index contributed by atoms with van der Waals surface area (Å²) in [6.07, 6.45) is 0. The largest absolute Gasteiger partial charge is 0.371 e. The third kappa shape index (κ3) is 2.73. The molecular formula is C27H21FN4O2. The fourth-order valence-electron chi connectivity index (χ4n) is 4.99. The number of halogens is 1. The minimum absolute atomic E-state index is 0.327. The van der Waals surface area contributed by atoms with Crippen molar-refractivity contribution >= 4 is 16.6 Å². The van der Waals surface area contributed by atoms with Crippen LogP contribution in [-0.4, -0.2) is 13.7 Å². The van der Waals surface area contributed by atoms with Gasteiger partial charge in [0, 0.05) is 14.1 Å². The molecule has 7 heteroatoms. The highest BCUT2D eigenvalue weighted by Gasteiger charge is 2.34. The van der Waals surface area contributed by atoms with Crippen molar-refractivity contribution in [1.29, 1.82) is 0 Å². The quantitative estimate of drug-likeness (QED) is 0.433. The molecule has 0 unspecified atom stereocenters. The van der Waals surface area contributed by atoms with E-state index in [9.17, 15) is 14.0 Å². The molecule has 3 heterocycles. The van der Waals surface area contributed by atoms with Crippen LogP contribution in [0.3, 0.4) is 0 Å². The van der Waals surface area contributed by atoms with Gasteiger partial charge in [0.25, 0.3) is 5.56 Å². The normalized spacial score (nSPS) is 14.5. The maximum atomic E-state index is 13.8. The van der Waals surface area contributed by atoms with Gasteiger partial charge in [0.15, 0.2) is 0 Å². The van der Waals surface area contributed by atoms with Crippen LogP contribution < -0.4 is 16.6 Å². The van der Waals surface area contributed by atoms with Gasteiger partial charge in [0.2, 0.25) is 0 Å². The van der Waals surface area contributed by atoms with Crippen LogP contribution in [0.4, 0.5) is 10.1 Å². The van der Waals surface area contributed by atoms with Gasteiger partial charge < -0.3 is 9.88 Å². The molecule has 0 radical (unpaired) electrons. The number of fused-ring (bicyclic) bond motifs is 5. The summed E-state index contributed by atoms with van der Waals surface area (Å²) >= 11 is 0. The van der Waals surface area contributed by atoms with Crippen molar-refractivity contribution in [3.63, 3.8) is 0 Å². The number of aromatic nitrogens is 3. The van der Waals surface area contributed by atoms with E-state index in [0.29, 0.717) is 10.9 Å². The predicted octanol–water partition coefficient (Wildman–Crippen LogP) is 4.35. The van der Waals surface area contributed by atoms with Gasteiger partial charge in [-0.1, -0.05) is 54.6 Å². The van der Waals surface area contributed by atoms with Crippen LogP contribution in [0, 0.1) is 5.82 Å². The van der Waals surface area contributed by atoms with Crippen LogP contribution in [0.15, 0.2) is 88.5 Å². The number of nitrogens with zero attached hydrogens (tertiary/aromatic N) is 3. The minimum Gasteiger partial charge on any atom is -0.371 e. The molecule has 0 saturated heterocycles. The summed E-state index contributed by atoms with van der Waals surface area (Å²) in [6, 6.07) is 23.4. The number of para-hydroxylation sites is 2. The summed E-state index contributed by atoms with van der Waals surface area (Å²) in [4.78, 5) is 26.6. The van der Waals surface area contributed by atoms with E-state index in [1.165, 1.54) is 23.7 Å². The molecule has 1 atom stereocenters. The molecule has 0 amide bonds. The predicted molar refractivity (Wildman–Crippen MR) is 131 cm³/mol. The Morgan fingerprint density at radius 1 is 0.824 bits per heavy atom. The first-order valence-corrected chi connectivity index (χ1v) is 11.0. The van der Waals surface area contributed by atoms with Crippen LogP contribution in [0.2, 0.25) is 0 Å². The van der Waals surface area contributed by atoms with Crippen LogP contribution in [0.25, 0.3) is 27.8 Å². The highest BCUT2D eigenvalue weighted by Crippen LogP contribution is 2.45. The number of hydrogen-bond donors (Lipinski definition) is 1. The number of nitrogens with one attached hydrogen (secondary N) is 1. The van der Waals surface area contributed by atoms with Gasteiger partial charge in [-0.3, -0.25) is 13.9 Å². The number of anilines is 1. The first-order valence-electron chi connectivity index (χ1n) is 11.0. The Kier molecular flexibility index (Phi) is 4.35. The van der Waals surface area contributed by atoms with Crippen molar-refractivity contribution in [3.05, 3.63) is 117 Å². The second-order valence-corrected chi connectivity index (χ2v) is 8.51. The van der Waals surface area contributed by atoms with Crippen molar-refractivity contribution in [2.45, 2.75) is 6.04 Å². The number of aryl methyl sites for hydroxylation is 1. The first kappa shape index (κ1) is 20.2. The average molecular weight is 452 g/mol. The van der Waals surface area contributed by atoms with Gasteiger partial charge in [-0.25, -0.2) is 9.18 Å². The zero-order valence-electron chi connectivity index (χ0n) is 18.6. The molecule has 0 fully saturated rings. The molecule has 0 bridgehead atoms. The van der Waals surface area contributed by atoms with Crippen molar-refractivity contribution in [3.8, 4) is 16.9 Å². The van der Waals surface area contributed by atoms with E-state index in [1.807, 2.05) is 54.6 Å². The lowest BCUT2D eigenvalue weighted by atomic mass is 9.99. The van der Waals surface area contributed by atoms with Gasteiger partial charge in [0.05, 0.1) is 39.7 Å². The third-order valence-corrected chi connectivity index (χ3v) is 6.58. The zero-order valence-corrected chi connectivity index (χ0v) is 18.6. The molecule has 6 rings (SSSR count). The van der Waals surface area contributed by atoms with Crippen LogP contribution >= 0.6 is 0 Å². The van der Waals surface area contributed by atoms with Gasteiger partial charge in [-0.05, 0) is 35.4 Å². The Morgan fingerprint density at radius 3 is 2.24 bits per heavy atom. The number of rotatable bonds is 2. The molecule has 1 aliphatic rings. The summed E-state index contributed by atoms with van der Waals surface area (Å²) in [7, 11) is 3.18. The average Bonchev–Trinajstić information content (AvgIpc) is 3.23. The lowest BCUT2D eigenvalue weighted by Crippen LogP contribution is -2.37. The second-order valence-electron chi connectivity index (χ2n) is 8.51. The lowest BCUT2D eigenvalue weighted by Gasteiger charge is -2.31. The zero-order chi connectivity index (χ0) is 23.6. The number of benzene rings is 3. The summed E-state index contributed by atoms with van der Waals surface area (Å²) in [5.74, 6) is -0.327. The third-order valence-electron chi connectivity index (χ3n) is 6.58. The molecule has 0 aliphatic carbocycles. The molecule has 1 N–H and O–H groups in total. The Bertz CT molecular complexity index is 1700. The molecule has 0 saturated carbocycles. The monoisotopic (exact) mass is 452 g/mol. The van der Waals surface area contributed by atoms with Crippen molar-refractivity contribution in [1.82, 2.24) is 13.7 Å². The van der Waals surface area contributed by atoms with Gasteiger partial charge in [-0.2, -0.15) is 0 Å². The van der Waals surface area contributed by atoms with Crippen molar-refractivity contribution < 1.29 is 4.39 Å².